The minimum Gasteiger partial charge on any atom is -0.349 e. The van der Waals surface area contributed by atoms with Crippen LogP contribution in [0.25, 0.3) is 9.88 Å². The first-order chi connectivity index (χ1) is 14.5. The smallest absolute Gasteiger partial charge is 0.322 e. The second kappa shape index (κ2) is 8.97. The van der Waals surface area contributed by atoms with E-state index in [4.69, 9.17) is 0 Å². The molecule has 1 aliphatic rings. The number of benzene rings is 1. The van der Waals surface area contributed by atoms with Crippen molar-refractivity contribution in [3.05, 3.63) is 57.9 Å². The third-order valence-corrected chi connectivity index (χ3v) is 7.32. The lowest BCUT2D eigenvalue weighted by molar-refractivity contribution is -0.124. The van der Waals surface area contributed by atoms with Crippen LogP contribution in [0.5, 0.6) is 0 Å². The monoisotopic (exact) mass is 440 g/mol. The Hall–Kier alpha value is -2.71. The van der Waals surface area contributed by atoms with Gasteiger partial charge in [-0.3, -0.25) is 4.79 Å². The van der Waals surface area contributed by atoms with E-state index in [1.165, 1.54) is 0 Å². The zero-order valence-corrected chi connectivity index (χ0v) is 18.6. The van der Waals surface area contributed by atoms with Crippen LogP contribution < -0.4 is 10.6 Å². The maximum absolute atomic E-state index is 12.8. The topological polar surface area (TPSA) is 74.3 Å². The second-order valence-corrected chi connectivity index (χ2v) is 9.17. The maximum atomic E-state index is 12.8. The molecule has 2 aromatic heterocycles. The predicted octanol–water partition coefficient (Wildman–Crippen LogP) is 4.80. The number of carbonyl (C=O) groups is 2. The molecule has 1 saturated heterocycles. The number of nitrogens with one attached hydrogen (secondary N) is 2. The summed E-state index contributed by atoms with van der Waals surface area (Å²) in [7, 11) is 0. The summed E-state index contributed by atoms with van der Waals surface area (Å²) >= 11 is 3.22. The van der Waals surface area contributed by atoms with E-state index < -0.39 is 6.04 Å². The van der Waals surface area contributed by atoms with Crippen LogP contribution in [0.3, 0.4) is 0 Å². The van der Waals surface area contributed by atoms with Crippen molar-refractivity contribution in [2.75, 3.05) is 11.9 Å². The minimum atomic E-state index is -0.453. The minimum absolute atomic E-state index is 0.130. The Morgan fingerprint density at radius 2 is 2.07 bits per heavy atom. The Bertz CT molecular complexity index is 1050. The van der Waals surface area contributed by atoms with Crippen molar-refractivity contribution in [1.29, 1.82) is 0 Å². The molecule has 2 N–H and O–H groups in total. The number of anilines is 1. The molecule has 0 saturated carbocycles. The molecule has 0 radical (unpaired) electrons. The lowest BCUT2D eigenvalue weighted by Gasteiger charge is -2.24. The number of thiophene rings is 1. The van der Waals surface area contributed by atoms with Gasteiger partial charge in [0.05, 0.1) is 17.1 Å². The molecule has 1 fully saturated rings. The third kappa shape index (κ3) is 4.39. The predicted molar refractivity (Wildman–Crippen MR) is 122 cm³/mol. The van der Waals surface area contributed by atoms with Gasteiger partial charge < -0.3 is 15.5 Å². The maximum Gasteiger partial charge on any atom is 0.322 e. The van der Waals surface area contributed by atoms with Crippen LogP contribution in [0.2, 0.25) is 0 Å². The zero-order chi connectivity index (χ0) is 21.1. The number of thiazole rings is 1. The average molecular weight is 441 g/mol. The molecule has 8 heteroatoms. The van der Waals surface area contributed by atoms with Gasteiger partial charge >= 0.3 is 6.03 Å². The number of aromatic nitrogens is 1. The van der Waals surface area contributed by atoms with Gasteiger partial charge in [0.2, 0.25) is 5.91 Å². The Kier molecular flexibility index (Phi) is 6.15. The molecule has 0 spiro atoms. The number of rotatable bonds is 5. The molecule has 30 heavy (non-hydrogen) atoms. The molecule has 4 rings (SSSR count). The number of aryl methyl sites for hydroxylation is 1. The Morgan fingerprint density at radius 1 is 1.20 bits per heavy atom. The van der Waals surface area contributed by atoms with E-state index >= 15 is 0 Å². The molecule has 3 heterocycles. The summed E-state index contributed by atoms with van der Waals surface area (Å²) in [6, 6.07) is 9.18. The number of urea groups is 1. The number of hydrogen-bond donors (Lipinski definition) is 2. The molecule has 3 aromatic rings. The lowest BCUT2D eigenvalue weighted by atomic mass is 10.1. The van der Waals surface area contributed by atoms with Crippen molar-refractivity contribution < 1.29 is 9.59 Å². The number of hydrogen-bond acceptors (Lipinski definition) is 5. The Morgan fingerprint density at radius 3 is 2.87 bits per heavy atom. The molecule has 6 nitrogen and oxygen atoms in total. The van der Waals surface area contributed by atoms with Gasteiger partial charge in [0.1, 0.15) is 11.0 Å². The second-order valence-electron chi connectivity index (χ2n) is 7.37. The standard InChI is InChI=1S/C22H24N4O2S2/c1-14-6-3-7-17(15(14)2)25-22(28)26-10-4-8-18(26)20(27)23-12-16-13-30-21(24-16)19-9-5-11-29-19/h3,5-7,9,11,13,18H,4,8,10,12H2,1-2H3,(H,23,27)(H,25,28). The molecule has 3 amide bonds. The molecule has 0 bridgehead atoms. The molecule has 156 valence electrons. The van der Waals surface area contributed by atoms with Crippen molar-refractivity contribution in [3.8, 4) is 9.88 Å². The fourth-order valence-electron chi connectivity index (χ4n) is 3.55. The van der Waals surface area contributed by atoms with E-state index in [0.717, 1.165) is 38.8 Å². The summed E-state index contributed by atoms with van der Waals surface area (Å²) in [4.78, 5) is 33.0. The van der Waals surface area contributed by atoms with E-state index in [1.807, 2.05) is 54.9 Å². The van der Waals surface area contributed by atoms with Crippen LogP contribution in [0.4, 0.5) is 10.5 Å². The number of nitrogens with zero attached hydrogens (tertiary/aromatic N) is 2. The highest BCUT2D eigenvalue weighted by molar-refractivity contribution is 7.20. The molecular weight excluding hydrogens is 416 g/mol. The summed E-state index contributed by atoms with van der Waals surface area (Å²) in [5, 5.41) is 10.9. The summed E-state index contributed by atoms with van der Waals surface area (Å²) in [6.45, 7) is 4.94. The number of amides is 3. The van der Waals surface area contributed by atoms with Crippen molar-refractivity contribution in [2.45, 2.75) is 39.3 Å². The fourth-order valence-corrected chi connectivity index (χ4v) is 5.19. The normalized spacial score (nSPS) is 15.9. The van der Waals surface area contributed by atoms with Gasteiger partial charge in [-0.2, -0.15) is 0 Å². The molecular formula is C22H24N4O2S2. The van der Waals surface area contributed by atoms with Gasteiger partial charge in [0.25, 0.3) is 0 Å². The highest BCUT2D eigenvalue weighted by Crippen LogP contribution is 2.28. The van der Waals surface area contributed by atoms with Gasteiger partial charge in [-0.25, -0.2) is 9.78 Å². The van der Waals surface area contributed by atoms with Gasteiger partial charge in [-0.05, 0) is 55.3 Å². The van der Waals surface area contributed by atoms with Crippen LogP contribution in [0.15, 0.2) is 41.1 Å². The van der Waals surface area contributed by atoms with Crippen LogP contribution in [-0.4, -0.2) is 34.4 Å². The third-order valence-electron chi connectivity index (χ3n) is 5.39. The van der Waals surface area contributed by atoms with E-state index in [0.29, 0.717) is 19.5 Å². The van der Waals surface area contributed by atoms with Crippen LogP contribution in [0, 0.1) is 13.8 Å². The van der Waals surface area contributed by atoms with Gasteiger partial charge in [0.15, 0.2) is 0 Å². The molecule has 0 aliphatic carbocycles. The fraction of sp³-hybridized carbons (Fsp3) is 0.318. The van der Waals surface area contributed by atoms with Crippen molar-refractivity contribution in [1.82, 2.24) is 15.2 Å². The molecule has 1 unspecified atom stereocenters. The van der Waals surface area contributed by atoms with Crippen LogP contribution >= 0.6 is 22.7 Å². The number of carbonyl (C=O) groups excluding carboxylic acids is 2. The van der Waals surface area contributed by atoms with E-state index in [-0.39, 0.29) is 11.9 Å². The van der Waals surface area contributed by atoms with Crippen molar-refractivity contribution >= 4 is 40.3 Å². The SMILES string of the molecule is Cc1cccc(NC(=O)N2CCCC2C(=O)NCc2csc(-c3cccs3)n2)c1C. The zero-order valence-electron chi connectivity index (χ0n) is 17.0. The Labute approximate surface area is 184 Å². The van der Waals surface area contributed by atoms with E-state index in [9.17, 15) is 9.59 Å². The molecule has 1 aliphatic heterocycles. The largest absolute Gasteiger partial charge is 0.349 e. The van der Waals surface area contributed by atoms with Crippen LogP contribution in [-0.2, 0) is 11.3 Å². The lowest BCUT2D eigenvalue weighted by Crippen LogP contribution is -2.47. The summed E-state index contributed by atoms with van der Waals surface area (Å²) in [5.74, 6) is -0.130. The first-order valence-electron chi connectivity index (χ1n) is 9.93. The quantitative estimate of drug-likeness (QED) is 0.598. The summed E-state index contributed by atoms with van der Waals surface area (Å²) < 4.78 is 0. The van der Waals surface area contributed by atoms with E-state index in [2.05, 4.69) is 15.6 Å². The molecule has 1 aromatic carbocycles. The summed E-state index contributed by atoms with van der Waals surface area (Å²) in [6.07, 6.45) is 1.49. The first-order valence-corrected chi connectivity index (χ1v) is 11.7. The van der Waals surface area contributed by atoms with Crippen molar-refractivity contribution in [2.24, 2.45) is 0 Å². The molecule has 1 atom stereocenters. The summed E-state index contributed by atoms with van der Waals surface area (Å²) in [5.41, 5.74) is 3.78. The van der Waals surface area contributed by atoms with Gasteiger partial charge in [-0.15, -0.1) is 22.7 Å². The van der Waals surface area contributed by atoms with E-state index in [1.54, 1.807) is 27.6 Å². The van der Waals surface area contributed by atoms with Crippen LogP contribution in [0.1, 0.15) is 29.7 Å². The highest BCUT2D eigenvalue weighted by atomic mass is 32.1. The highest BCUT2D eigenvalue weighted by Gasteiger charge is 2.34. The van der Waals surface area contributed by atoms with Gasteiger partial charge in [0, 0.05) is 17.6 Å². The number of likely N-dealkylation sites (tertiary alicyclic amines) is 1. The van der Waals surface area contributed by atoms with Gasteiger partial charge in [-0.1, -0.05) is 18.2 Å². The Balaban J connectivity index is 1.36. The van der Waals surface area contributed by atoms with Crippen molar-refractivity contribution in [3.63, 3.8) is 0 Å². The first kappa shape index (κ1) is 20.6. The average Bonchev–Trinajstić information content (AvgIpc) is 3.50.